The zero-order chi connectivity index (χ0) is 19.3. The maximum atomic E-state index is 13.8. The molecule has 0 bridgehead atoms. The van der Waals surface area contributed by atoms with E-state index in [4.69, 9.17) is 0 Å². The molecule has 1 fully saturated rings. The molecule has 0 spiro atoms. The highest BCUT2D eigenvalue weighted by Crippen LogP contribution is 2.49. The summed E-state index contributed by atoms with van der Waals surface area (Å²) in [6.45, 7) is 0.799. The Morgan fingerprint density at radius 1 is 0.893 bits per heavy atom. The molecule has 2 aliphatic rings. The van der Waals surface area contributed by atoms with Crippen LogP contribution < -0.4 is 0 Å². The van der Waals surface area contributed by atoms with E-state index in [0.29, 0.717) is 18.7 Å². The minimum Gasteiger partial charge on any atom is -0.306 e. The highest BCUT2D eigenvalue weighted by Gasteiger charge is 2.59. The fourth-order valence-electron chi connectivity index (χ4n) is 4.49. The van der Waals surface area contributed by atoms with Crippen LogP contribution in [-0.2, 0) is 5.66 Å². The van der Waals surface area contributed by atoms with Crippen molar-refractivity contribution in [3.05, 3.63) is 107 Å². The molecule has 5 rings (SSSR count). The summed E-state index contributed by atoms with van der Waals surface area (Å²) in [4.78, 5) is 30.1. The van der Waals surface area contributed by atoms with Crippen LogP contribution in [-0.4, -0.2) is 34.7 Å². The van der Waals surface area contributed by atoms with E-state index >= 15 is 0 Å². The number of hydrogen-bond acceptors (Lipinski definition) is 2. The van der Waals surface area contributed by atoms with Gasteiger partial charge in [-0.25, -0.2) is 4.39 Å². The molecule has 0 aromatic heterocycles. The van der Waals surface area contributed by atoms with Crippen LogP contribution in [0.15, 0.2) is 78.9 Å². The Labute approximate surface area is 161 Å². The first-order valence-electron chi connectivity index (χ1n) is 9.18. The molecule has 5 heteroatoms. The zero-order valence-corrected chi connectivity index (χ0v) is 15.0. The van der Waals surface area contributed by atoms with E-state index in [1.54, 1.807) is 21.9 Å². The van der Waals surface area contributed by atoms with E-state index in [1.807, 2.05) is 48.5 Å². The Balaban J connectivity index is 1.75. The number of rotatable bonds is 2. The van der Waals surface area contributed by atoms with Crippen molar-refractivity contribution in [2.45, 2.75) is 5.66 Å². The van der Waals surface area contributed by atoms with Crippen molar-refractivity contribution in [1.29, 1.82) is 0 Å². The second-order valence-electron chi connectivity index (χ2n) is 7.01. The van der Waals surface area contributed by atoms with E-state index < -0.39 is 11.5 Å². The lowest BCUT2D eigenvalue weighted by molar-refractivity contribution is 0.0375. The summed E-state index contributed by atoms with van der Waals surface area (Å²) in [6, 6.07) is 22.7. The molecular formula is C23H17FN2O2. The molecular weight excluding hydrogens is 355 g/mol. The van der Waals surface area contributed by atoms with Gasteiger partial charge >= 0.3 is 0 Å². The Morgan fingerprint density at radius 2 is 1.64 bits per heavy atom. The van der Waals surface area contributed by atoms with Gasteiger partial charge in [0.2, 0.25) is 0 Å². The van der Waals surface area contributed by atoms with Crippen LogP contribution in [0.5, 0.6) is 0 Å². The van der Waals surface area contributed by atoms with Gasteiger partial charge < -0.3 is 9.80 Å². The molecule has 2 aliphatic heterocycles. The van der Waals surface area contributed by atoms with Crippen LogP contribution in [0.4, 0.5) is 4.39 Å². The third kappa shape index (κ3) is 2.10. The Hall–Kier alpha value is -3.47. The molecule has 0 aliphatic carbocycles. The van der Waals surface area contributed by atoms with Gasteiger partial charge in [-0.05, 0) is 24.3 Å². The third-order valence-corrected chi connectivity index (χ3v) is 5.60. The van der Waals surface area contributed by atoms with Crippen molar-refractivity contribution < 1.29 is 14.0 Å². The molecule has 0 N–H and O–H groups in total. The number of carbonyl (C=O) groups is 2. The first-order chi connectivity index (χ1) is 13.6. The van der Waals surface area contributed by atoms with Crippen molar-refractivity contribution >= 4 is 11.8 Å². The molecule has 2 heterocycles. The van der Waals surface area contributed by atoms with Gasteiger partial charge in [-0.1, -0.05) is 54.6 Å². The number of benzene rings is 3. The molecule has 28 heavy (non-hydrogen) atoms. The molecule has 4 nitrogen and oxygen atoms in total. The second kappa shape index (κ2) is 6.02. The number of halogens is 1. The quantitative estimate of drug-likeness (QED) is 0.689. The highest BCUT2D eigenvalue weighted by molar-refractivity contribution is 6.03. The summed E-state index contributed by atoms with van der Waals surface area (Å²) >= 11 is 0. The maximum Gasteiger partial charge on any atom is 0.256 e. The van der Waals surface area contributed by atoms with E-state index in [0.717, 1.165) is 11.1 Å². The van der Waals surface area contributed by atoms with E-state index in [2.05, 4.69) is 0 Å². The van der Waals surface area contributed by atoms with E-state index in [-0.39, 0.29) is 17.4 Å². The van der Waals surface area contributed by atoms with Gasteiger partial charge in [-0.2, -0.15) is 0 Å². The predicted molar refractivity (Wildman–Crippen MR) is 102 cm³/mol. The summed E-state index contributed by atoms with van der Waals surface area (Å²) in [5, 5.41) is 0. The number of fused-ring (bicyclic) bond motifs is 3. The lowest BCUT2D eigenvalue weighted by Crippen LogP contribution is -2.51. The molecule has 3 aromatic carbocycles. The van der Waals surface area contributed by atoms with Crippen LogP contribution in [0.25, 0.3) is 0 Å². The van der Waals surface area contributed by atoms with Gasteiger partial charge in [0.05, 0.1) is 0 Å². The van der Waals surface area contributed by atoms with Gasteiger partial charge in [-0.3, -0.25) is 9.59 Å². The molecule has 1 unspecified atom stereocenters. The maximum absolute atomic E-state index is 13.8. The van der Waals surface area contributed by atoms with Gasteiger partial charge in [0.15, 0.2) is 5.66 Å². The highest BCUT2D eigenvalue weighted by atomic mass is 19.1. The van der Waals surface area contributed by atoms with Crippen molar-refractivity contribution in [2.75, 3.05) is 13.1 Å². The van der Waals surface area contributed by atoms with Crippen molar-refractivity contribution in [1.82, 2.24) is 9.80 Å². The minimum absolute atomic E-state index is 0.0889. The Kier molecular flexibility index (Phi) is 3.59. The zero-order valence-electron chi connectivity index (χ0n) is 15.0. The topological polar surface area (TPSA) is 40.6 Å². The summed E-state index contributed by atoms with van der Waals surface area (Å²) in [5.41, 5.74) is 1.49. The third-order valence-electron chi connectivity index (χ3n) is 5.60. The van der Waals surface area contributed by atoms with Gasteiger partial charge in [0.1, 0.15) is 5.82 Å². The van der Waals surface area contributed by atoms with Crippen molar-refractivity contribution in [3.63, 3.8) is 0 Å². The predicted octanol–water partition coefficient (Wildman–Crippen LogP) is 3.64. The second-order valence-corrected chi connectivity index (χ2v) is 7.01. The van der Waals surface area contributed by atoms with Crippen LogP contribution in [0, 0.1) is 5.82 Å². The minimum atomic E-state index is -1.02. The smallest absolute Gasteiger partial charge is 0.256 e. The van der Waals surface area contributed by atoms with Crippen LogP contribution in [0.1, 0.15) is 31.8 Å². The standard InChI is InChI=1S/C23H17FN2O2/c24-18-10-6-7-16(15-18)21(27)25-13-14-26-22(28)19-11-4-5-12-20(19)23(25,26)17-8-2-1-3-9-17/h1-12,15H,13-14H2. The van der Waals surface area contributed by atoms with Crippen LogP contribution in [0.3, 0.4) is 0 Å². The number of nitrogens with zero attached hydrogens (tertiary/aromatic N) is 2. The van der Waals surface area contributed by atoms with Gasteiger partial charge in [0.25, 0.3) is 11.8 Å². The lowest BCUT2D eigenvalue weighted by atomic mass is 9.89. The average molecular weight is 372 g/mol. The number of carbonyl (C=O) groups excluding carboxylic acids is 2. The molecule has 2 amide bonds. The molecule has 3 aromatic rings. The molecule has 0 saturated carbocycles. The first kappa shape index (κ1) is 16.7. The molecule has 1 atom stereocenters. The Morgan fingerprint density at radius 3 is 2.43 bits per heavy atom. The number of hydrogen-bond donors (Lipinski definition) is 0. The average Bonchev–Trinajstić information content (AvgIpc) is 3.24. The summed E-state index contributed by atoms with van der Waals surface area (Å²) in [5.74, 6) is -0.845. The lowest BCUT2D eigenvalue weighted by Gasteiger charge is -2.40. The fourth-order valence-corrected chi connectivity index (χ4v) is 4.49. The fraction of sp³-hybridized carbons (Fsp3) is 0.130. The summed E-state index contributed by atoms with van der Waals surface area (Å²) < 4.78 is 13.8. The van der Waals surface area contributed by atoms with Crippen molar-refractivity contribution in [2.24, 2.45) is 0 Å². The van der Waals surface area contributed by atoms with Crippen LogP contribution in [0.2, 0.25) is 0 Å². The first-order valence-corrected chi connectivity index (χ1v) is 9.18. The largest absolute Gasteiger partial charge is 0.306 e. The molecule has 0 radical (unpaired) electrons. The SMILES string of the molecule is O=C(c1cccc(F)c1)N1CCN2C(=O)c3ccccc3C12c1ccccc1. The summed E-state index contributed by atoms with van der Waals surface area (Å²) in [6.07, 6.45) is 0. The van der Waals surface area contributed by atoms with Gasteiger partial charge in [-0.15, -0.1) is 0 Å². The van der Waals surface area contributed by atoms with E-state index in [1.165, 1.54) is 18.2 Å². The van der Waals surface area contributed by atoms with E-state index in [9.17, 15) is 14.0 Å². The summed E-state index contributed by atoms with van der Waals surface area (Å²) in [7, 11) is 0. The van der Waals surface area contributed by atoms with Crippen molar-refractivity contribution in [3.8, 4) is 0 Å². The molecule has 1 saturated heterocycles. The number of amides is 2. The normalized spacial score (nSPS) is 20.2. The Bertz CT molecular complexity index is 1100. The van der Waals surface area contributed by atoms with Gasteiger partial charge in [0, 0.05) is 35.3 Å². The monoisotopic (exact) mass is 372 g/mol. The van der Waals surface area contributed by atoms with Crippen LogP contribution >= 0.6 is 0 Å². The molecule has 138 valence electrons.